The van der Waals surface area contributed by atoms with Gasteiger partial charge >= 0.3 is 0 Å². The summed E-state index contributed by atoms with van der Waals surface area (Å²) in [6.45, 7) is 7.43. The predicted molar refractivity (Wildman–Crippen MR) is 144 cm³/mol. The fraction of sp³-hybridized carbons (Fsp3) is 0.577. The van der Waals surface area contributed by atoms with E-state index in [4.69, 9.17) is 9.47 Å². The summed E-state index contributed by atoms with van der Waals surface area (Å²) < 4.78 is 37.8. The Morgan fingerprint density at radius 1 is 1.08 bits per heavy atom. The van der Waals surface area contributed by atoms with E-state index in [1.807, 2.05) is 36.6 Å². The molecule has 1 saturated heterocycles. The Balaban J connectivity index is 1.75. The lowest BCUT2D eigenvalue weighted by atomic mass is 10.1. The van der Waals surface area contributed by atoms with E-state index in [9.17, 15) is 13.2 Å². The third-order valence-electron chi connectivity index (χ3n) is 6.71. The van der Waals surface area contributed by atoms with Gasteiger partial charge in [-0.15, -0.1) is 11.3 Å². The summed E-state index contributed by atoms with van der Waals surface area (Å²) in [5, 5.41) is 2.02. The Hall–Kier alpha value is -2.14. The van der Waals surface area contributed by atoms with Gasteiger partial charge in [-0.05, 0) is 80.9 Å². The van der Waals surface area contributed by atoms with Gasteiger partial charge in [-0.2, -0.15) is 4.31 Å². The monoisotopic (exact) mass is 537 g/mol. The molecule has 1 aromatic heterocycles. The summed E-state index contributed by atoms with van der Waals surface area (Å²) >= 11 is 1.62. The number of carbonyl (C=O) groups excluding carboxylic acids is 1. The second-order valence-corrected chi connectivity index (χ2v) is 12.3. The molecular formula is C26H39N3O5S2. The maximum atomic E-state index is 13.6. The highest BCUT2D eigenvalue weighted by Crippen LogP contribution is 2.28. The molecule has 0 radical (unpaired) electrons. The first-order chi connectivity index (χ1) is 17.3. The molecule has 200 valence electrons. The first kappa shape index (κ1) is 28.4. The van der Waals surface area contributed by atoms with E-state index in [-0.39, 0.29) is 18.2 Å². The summed E-state index contributed by atoms with van der Waals surface area (Å²) in [7, 11) is -0.306. The van der Waals surface area contributed by atoms with E-state index in [1.165, 1.54) is 4.31 Å². The topological polar surface area (TPSA) is 79.4 Å². The molecule has 0 unspecified atom stereocenters. The number of likely N-dealkylation sites (tertiary alicyclic amines) is 1. The Morgan fingerprint density at radius 3 is 2.42 bits per heavy atom. The molecule has 10 heteroatoms. The molecular weight excluding hydrogens is 498 g/mol. The minimum Gasteiger partial charge on any atom is -0.493 e. The quantitative estimate of drug-likeness (QED) is 0.368. The SMILES string of the molecule is CCS(=O)(=O)N(CCN1CCCC1)CC(=O)N(CCc1ccc(OC)c(OC)c1)Cc1sccc1C. The van der Waals surface area contributed by atoms with Crippen molar-refractivity contribution in [3.05, 3.63) is 45.6 Å². The number of sulfonamides is 1. The van der Waals surface area contributed by atoms with Crippen molar-refractivity contribution in [1.29, 1.82) is 0 Å². The molecule has 1 amide bonds. The van der Waals surface area contributed by atoms with E-state index in [1.54, 1.807) is 37.4 Å². The molecule has 3 rings (SSSR count). The number of hydrogen-bond donors (Lipinski definition) is 0. The number of ether oxygens (including phenoxy) is 2. The third-order valence-corrected chi connectivity index (χ3v) is 9.54. The number of benzene rings is 1. The van der Waals surface area contributed by atoms with Crippen molar-refractivity contribution in [1.82, 2.24) is 14.1 Å². The molecule has 0 saturated carbocycles. The van der Waals surface area contributed by atoms with Gasteiger partial charge in [0.15, 0.2) is 11.5 Å². The van der Waals surface area contributed by atoms with Crippen molar-refractivity contribution in [2.45, 2.75) is 39.7 Å². The number of amides is 1. The standard InChI is InChI=1S/C26H39N3O5S2/c1-5-36(31,32)29(16-15-27-12-6-7-13-27)20-26(30)28(19-25-21(2)11-17-35-25)14-10-22-8-9-23(33-3)24(18-22)34-4/h8-9,11,17-18H,5-7,10,12-16,19-20H2,1-4H3. The van der Waals surface area contributed by atoms with Crippen molar-refractivity contribution in [2.75, 3.05) is 59.2 Å². The maximum absolute atomic E-state index is 13.6. The van der Waals surface area contributed by atoms with Crippen LogP contribution in [-0.4, -0.2) is 87.7 Å². The number of aryl methyl sites for hydroxylation is 1. The number of thiophene rings is 1. The van der Waals surface area contributed by atoms with Crippen LogP contribution in [0.25, 0.3) is 0 Å². The highest BCUT2D eigenvalue weighted by atomic mass is 32.2. The highest BCUT2D eigenvalue weighted by molar-refractivity contribution is 7.89. The minimum absolute atomic E-state index is 0.0179. The third kappa shape index (κ3) is 7.68. The van der Waals surface area contributed by atoms with Crippen LogP contribution in [0.15, 0.2) is 29.6 Å². The van der Waals surface area contributed by atoms with E-state index in [2.05, 4.69) is 4.90 Å². The fourth-order valence-corrected chi connectivity index (χ4v) is 6.29. The zero-order chi connectivity index (χ0) is 26.1. The van der Waals surface area contributed by atoms with E-state index >= 15 is 0 Å². The molecule has 2 aromatic rings. The largest absolute Gasteiger partial charge is 0.493 e. The first-order valence-corrected chi connectivity index (χ1v) is 15.0. The Kier molecular flexibility index (Phi) is 10.6. The molecule has 1 aromatic carbocycles. The Labute approximate surface area is 219 Å². The molecule has 0 bridgehead atoms. The van der Waals surface area contributed by atoms with Crippen LogP contribution in [0.1, 0.15) is 35.8 Å². The number of rotatable bonds is 14. The number of methoxy groups -OCH3 is 2. The molecule has 36 heavy (non-hydrogen) atoms. The molecule has 0 atom stereocenters. The van der Waals surface area contributed by atoms with E-state index in [0.717, 1.165) is 41.9 Å². The smallest absolute Gasteiger partial charge is 0.238 e. The van der Waals surface area contributed by atoms with E-state index < -0.39 is 10.0 Å². The van der Waals surface area contributed by atoms with Crippen molar-refractivity contribution < 1.29 is 22.7 Å². The van der Waals surface area contributed by atoms with Crippen molar-refractivity contribution in [2.24, 2.45) is 0 Å². The predicted octanol–water partition coefficient (Wildman–Crippen LogP) is 3.39. The molecule has 0 aliphatic carbocycles. The molecule has 1 aliphatic heterocycles. The van der Waals surface area contributed by atoms with Gasteiger partial charge in [0.05, 0.1) is 33.1 Å². The van der Waals surface area contributed by atoms with Gasteiger partial charge in [-0.25, -0.2) is 8.42 Å². The van der Waals surface area contributed by atoms with Crippen LogP contribution in [0.5, 0.6) is 11.5 Å². The van der Waals surface area contributed by atoms with Crippen LogP contribution in [0.4, 0.5) is 0 Å². The summed E-state index contributed by atoms with van der Waals surface area (Å²) in [5.74, 6) is 1.10. The Morgan fingerprint density at radius 2 is 1.81 bits per heavy atom. The molecule has 1 fully saturated rings. The minimum atomic E-state index is -3.50. The fourth-order valence-electron chi connectivity index (χ4n) is 4.34. The number of nitrogens with zero attached hydrogens (tertiary/aromatic N) is 3. The average Bonchev–Trinajstić information content (AvgIpc) is 3.55. The van der Waals surface area contributed by atoms with Gasteiger partial charge < -0.3 is 19.3 Å². The highest BCUT2D eigenvalue weighted by Gasteiger charge is 2.27. The van der Waals surface area contributed by atoms with Crippen LogP contribution < -0.4 is 9.47 Å². The van der Waals surface area contributed by atoms with Crippen LogP contribution >= 0.6 is 11.3 Å². The van der Waals surface area contributed by atoms with Crippen molar-refractivity contribution >= 4 is 27.3 Å². The van der Waals surface area contributed by atoms with Crippen LogP contribution in [0, 0.1) is 6.92 Å². The van der Waals surface area contributed by atoms with Gasteiger partial charge in [0.1, 0.15) is 0 Å². The molecule has 2 heterocycles. The lowest BCUT2D eigenvalue weighted by Crippen LogP contribution is -2.46. The first-order valence-electron chi connectivity index (χ1n) is 12.5. The normalized spacial score (nSPS) is 14.4. The number of carbonyl (C=O) groups is 1. The molecule has 1 aliphatic rings. The summed E-state index contributed by atoms with van der Waals surface area (Å²) in [6, 6.07) is 7.78. The average molecular weight is 538 g/mol. The second kappa shape index (κ2) is 13.4. The second-order valence-electron chi connectivity index (χ2n) is 9.06. The lowest BCUT2D eigenvalue weighted by Gasteiger charge is -2.28. The van der Waals surface area contributed by atoms with Crippen LogP contribution in [-0.2, 0) is 27.8 Å². The van der Waals surface area contributed by atoms with E-state index in [0.29, 0.717) is 44.1 Å². The Bertz CT molecular complexity index is 1100. The maximum Gasteiger partial charge on any atom is 0.238 e. The lowest BCUT2D eigenvalue weighted by molar-refractivity contribution is -0.132. The molecule has 0 N–H and O–H groups in total. The molecule has 0 spiro atoms. The zero-order valence-electron chi connectivity index (χ0n) is 21.9. The van der Waals surface area contributed by atoms with Crippen LogP contribution in [0.2, 0.25) is 0 Å². The van der Waals surface area contributed by atoms with Gasteiger partial charge in [0.2, 0.25) is 15.9 Å². The summed E-state index contributed by atoms with van der Waals surface area (Å²) in [6.07, 6.45) is 2.90. The number of hydrogen-bond acceptors (Lipinski definition) is 7. The van der Waals surface area contributed by atoms with Crippen LogP contribution in [0.3, 0.4) is 0 Å². The zero-order valence-corrected chi connectivity index (χ0v) is 23.5. The van der Waals surface area contributed by atoms with Crippen molar-refractivity contribution in [3.8, 4) is 11.5 Å². The van der Waals surface area contributed by atoms with Gasteiger partial charge in [0.25, 0.3) is 0 Å². The van der Waals surface area contributed by atoms with Gasteiger partial charge in [-0.3, -0.25) is 4.79 Å². The van der Waals surface area contributed by atoms with Gasteiger partial charge in [0, 0.05) is 24.5 Å². The summed E-state index contributed by atoms with van der Waals surface area (Å²) in [5.41, 5.74) is 2.15. The molecule has 8 nitrogen and oxygen atoms in total. The van der Waals surface area contributed by atoms with Crippen molar-refractivity contribution in [3.63, 3.8) is 0 Å². The van der Waals surface area contributed by atoms with Gasteiger partial charge in [-0.1, -0.05) is 6.07 Å². The summed E-state index contributed by atoms with van der Waals surface area (Å²) in [4.78, 5) is 18.7.